The maximum Gasteiger partial charge on any atom is 0.223 e. The molecule has 4 rings (SSSR count). The van der Waals surface area contributed by atoms with Crippen molar-refractivity contribution in [3.05, 3.63) is 51.7 Å². The second-order valence-electron chi connectivity index (χ2n) is 7.47. The summed E-state index contributed by atoms with van der Waals surface area (Å²) >= 11 is 1.72. The lowest BCUT2D eigenvalue weighted by Gasteiger charge is -2.45. The van der Waals surface area contributed by atoms with Crippen molar-refractivity contribution in [2.24, 2.45) is 0 Å². The third-order valence-electron chi connectivity index (χ3n) is 5.93. The van der Waals surface area contributed by atoms with E-state index in [9.17, 15) is 9.18 Å². The second kappa shape index (κ2) is 7.08. The molecule has 0 unspecified atom stereocenters. The van der Waals surface area contributed by atoms with Crippen LogP contribution in [0, 0.1) is 12.7 Å². The number of halogens is 1. The first-order valence-corrected chi connectivity index (χ1v) is 10.1. The molecule has 4 nitrogen and oxygen atoms in total. The molecule has 0 aliphatic carbocycles. The summed E-state index contributed by atoms with van der Waals surface area (Å²) in [6.45, 7) is 5.62. The van der Waals surface area contributed by atoms with Crippen molar-refractivity contribution in [3.63, 3.8) is 0 Å². The molecule has 0 bridgehead atoms. The van der Waals surface area contributed by atoms with Gasteiger partial charge in [0, 0.05) is 43.0 Å². The molecule has 1 amide bonds. The number of nitrogens with zero attached hydrogens (tertiary/aromatic N) is 3. The lowest BCUT2D eigenvalue weighted by Crippen LogP contribution is -2.52. The zero-order chi connectivity index (χ0) is 18.1. The number of aryl methyl sites for hydroxylation is 1. The van der Waals surface area contributed by atoms with E-state index >= 15 is 0 Å². The molecule has 1 aromatic carbocycles. The van der Waals surface area contributed by atoms with Gasteiger partial charge in [0.25, 0.3) is 0 Å². The van der Waals surface area contributed by atoms with Gasteiger partial charge in [-0.05, 0) is 43.9 Å². The van der Waals surface area contributed by atoms with Gasteiger partial charge in [-0.25, -0.2) is 9.37 Å². The van der Waals surface area contributed by atoms with Crippen LogP contribution in [0.3, 0.4) is 0 Å². The highest BCUT2D eigenvalue weighted by atomic mass is 32.1. The number of thiazole rings is 1. The molecule has 1 spiro atoms. The fraction of sp³-hybridized carbons (Fsp3) is 0.500. The first kappa shape index (κ1) is 17.6. The molecule has 138 valence electrons. The monoisotopic (exact) mass is 373 g/mol. The predicted octanol–water partition coefficient (Wildman–Crippen LogP) is 3.75. The van der Waals surface area contributed by atoms with Gasteiger partial charge >= 0.3 is 0 Å². The third-order valence-corrected chi connectivity index (χ3v) is 6.85. The number of piperidine rings is 1. The summed E-state index contributed by atoms with van der Waals surface area (Å²) in [5.74, 6) is 0.00366. The molecular formula is C20H24FN3OS. The van der Waals surface area contributed by atoms with Gasteiger partial charge in [-0.1, -0.05) is 12.1 Å². The summed E-state index contributed by atoms with van der Waals surface area (Å²) in [5.41, 5.74) is 4.02. The summed E-state index contributed by atoms with van der Waals surface area (Å²) in [6.07, 6.45) is 3.60. The largest absolute Gasteiger partial charge is 0.333 e. The van der Waals surface area contributed by atoms with Gasteiger partial charge in [0.15, 0.2) is 0 Å². The molecule has 0 N–H and O–H groups in total. The van der Waals surface area contributed by atoms with E-state index in [0.717, 1.165) is 50.2 Å². The van der Waals surface area contributed by atoms with Gasteiger partial charge in [-0.15, -0.1) is 11.3 Å². The van der Waals surface area contributed by atoms with Gasteiger partial charge in [-0.2, -0.15) is 0 Å². The number of amides is 1. The third kappa shape index (κ3) is 3.40. The number of rotatable bonds is 4. The molecule has 2 aromatic rings. The van der Waals surface area contributed by atoms with Gasteiger partial charge < -0.3 is 4.90 Å². The van der Waals surface area contributed by atoms with Crippen molar-refractivity contribution in [2.75, 3.05) is 13.1 Å². The first-order chi connectivity index (χ1) is 12.6. The lowest BCUT2D eigenvalue weighted by atomic mass is 9.84. The number of hydrogen-bond donors (Lipinski definition) is 0. The molecule has 2 aliphatic heterocycles. The van der Waals surface area contributed by atoms with E-state index in [-0.39, 0.29) is 17.3 Å². The first-order valence-electron chi connectivity index (χ1n) is 9.22. The van der Waals surface area contributed by atoms with Crippen LogP contribution in [-0.2, 0) is 17.9 Å². The molecule has 0 saturated carbocycles. The maximum atomic E-state index is 13.2. The lowest BCUT2D eigenvalue weighted by molar-refractivity contribution is -0.133. The van der Waals surface area contributed by atoms with Gasteiger partial charge in [0.05, 0.1) is 11.2 Å². The molecule has 26 heavy (non-hydrogen) atoms. The zero-order valence-electron chi connectivity index (χ0n) is 15.1. The van der Waals surface area contributed by atoms with Crippen LogP contribution >= 0.6 is 11.3 Å². The summed E-state index contributed by atoms with van der Waals surface area (Å²) in [7, 11) is 0. The Morgan fingerprint density at radius 2 is 1.88 bits per heavy atom. The Kier molecular flexibility index (Phi) is 4.80. The van der Waals surface area contributed by atoms with Crippen molar-refractivity contribution in [1.82, 2.24) is 14.8 Å². The minimum absolute atomic E-state index is 0.0231. The topological polar surface area (TPSA) is 36.4 Å². The SMILES string of the molecule is Cc1ncsc1CN1CCC2(CCC(=O)N2Cc2ccc(F)cc2)CC1. The summed E-state index contributed by atoms with van der Waals surface area (Å²) < 4.78 is 13.2. The van der Waals surface area contributed by atoms with Crippen molar-refractivity contribution < 1.29 is 9.18 Å². The standard InChI is InChI=1S/C20H24FN3OS/c1-15-18(26-14-22-15)13-23-10-8-20(9-11-23)7-6-19(25)24(20)12-16-2-4-17(21)5-3-16/h2-5,14H,6-13H2,1H3. The van der Waals surface area contributed by atoms with Crippen LogP contribution < -0.4 is 0 Å². The fourth-order valence-electron chi connectivity index (χ4n) is 4.23. The normalized spacial score (nSPS) is 20.2. The van der Waals surface area contributed by atoms with Crippen molar-refractivity contribution >= 4 is 17.2 Å². The van der Waals surface area contributed by atoms with E-state index in [1.807, 2.05) is 5.51 Å². The molecule has 2 fully saturated rings. The maximum absolute atomic E-state index is 13.2. The highest BCUT2D eigenvalue weighted by Gasteiger charge is 2.46. The smallest absolute Gasteiger partial charge is 0.223 e. The Hall–Kier alpha value is -1.79. The van der Waals surface area contributed by atoms with Crippen LogP contribution in [0.4, 0.5) is 4.39 Å². The minimum Gasteiger partial charge on any atom is -0.333 e. The highest BCUT2D eigenvalue weighted by Crippen LogP contribution is 2.40. The summed E-state index contributed by atoms with van der Waals surface area (Å²) in [4.78, 5) is 22.8. The van der Waals surface area contributed by atoms with E-state index in [1.165, 1.54) is 17.0 Å². The Bertz CT molecular complexity index is 781. The quantitative estimate of drug-likeness (QED) is 0.819. The predicted molar refractivity (Wildman–Crippen MR) is 100 cm³/mol. The van der Waals surface area contributed by atoms with Crippen molar-refractivity contribution in [1.29, 1.82) is 0 Å². The van der Waals surface area contributed by atoms with Crippen LogP contribution in [0.5, 0.6) is 0 Å². The number of hydrogen-bond acceptors (Lipinski definition) is 4. The Morgan fingerprint density at radius 1 is 1.15 bits per heavy atom. The number of carbonyl (C=O) groups is 1. The van der Waals surface area contributed by atoms with Crippen LogP contribution in [0.15, 0.2) is 29.8 Å². The molecule has 0 radical (unpaired) electrons. The number of aromatic nitrogens is 1. The molecule has 6 heteroatoms. The van der Waals surface area contributed by atoms with E-state index < -0.39 is 0 Å². The molecule has 2 aliphatic rings. The fourth-order valence-corrected chi connectivity index (χ4v) is 5.05. The van der Waals surface area contributed by atoms with Crippen LogP contribution in [-0.4, -0.2) is 39.3 Å². The molecular weight excluding hydrogens is 349 g/mol. The van der Waals surface area contributed by atoms with Crippen LogP contribution in [0.2, 0.25) is 0 Å². The Balaban J connectivity index is 1.43. The van der Waals surface area contributed by atoms with E-state index in [4.69, 9.17) is 0 Å². The number of likely N-dealkylation sites (tertiary alicyclic amines) is 2. The van der Waals surface area contributed by atoms with Crippen LogP contribution in [0.25, 0.3) is 0 Å². The van der Waals surface area contributed by atoms with Gasteiger partial charge in [-0.3, -0.25) is 9.69 Å². The van der Waals surface area contributed by atoms with Crippen molar-refractivity contribution in [2.45, 2.75) is 51.2 Å². The van der Waals surface area contributed by atoms with E-state index in [1.54, 1.807) is 23.5 Å². The average molecular weight is 373 g/mol. The molecule has 2 saturated heterocycles. The van der Waals surface area contributed by atoms with Crippen LogP contribution in [0.1, 0.15) is 41.8 Å². The number of benzene rings is 1. The Morgan fingerprint density at radius 3 is 2.54 bits per heavy atom. The zero-order valence-corrected chi connectivity index (χ0v) is 15.9. The number of carbonyl (C=O) groups excluding carboxylic acids is 1. The average Bonchev–Trinajstić information content (AvgIpc) is 3.17. The van der Waals surface area contributed by atoms with Crippen molar-refractivity contribution in [3.8, 4) is 0 Å². The molecule has 0 atom stereocenters. The summed E-state index contributed by atoms with van der Waals surface area (Å²) in [5, 5.41) is 0. The second-order valence-corrected chi connectivity index (χ2v) is 8.41. The van der Waals surface area contributed by atoms with E-state index in [2.05, 4.69) is 21.7 Å². The van der Waals surface area contributed by atoms with Gasteiger partial charge in [0.1, 0.15) is 5.82 Å². The minimum atomic E-state index is -0.233. The van der Waals surface area contributed by atoms with Gasteiger partial charge in [0.2, 0.25) is 5.91 Å². The Labute approximate surface area is 157 Å². The highest BCUT2D eigenvalue weighted by molar-refractivity contribution is 7.09. The molecule has 3 heterocycles. The summed E-state index contributed by atoms with van der Waals surface area (Å²) in [6, 6.07) is 6.53. The molecule has 1 aromatic heterocycles. The van der Waals surface area contributed by atoms with E-state index in [0.29, 0.717) is 13.0 Å².